The van der Waals surface area contributed by atoms with Gasteiger partial charge in [-0.15, -0.1) is 0 Å². The van der Waals surface area contributed by atoms with Crippen molar-refractivity contribution in [3.63, 3.8) is 0 Å². The predicted octanol–water partition coefficient (Wildman–Crippen LogP) is 3.53. The van der Waals surface area contributed by atoms with Crippen LogP contribution in [0.4, 0.5) is 0 Å². The number of benzene rings is 1. The second-order valence-electron chi connectivity index (χ2n) is 5.08. The van der Waals surface area contributed by atoms with Gasteiger partial charge in [-0.1, -0.05) is 49.7 Å². The maximum absolute atomic E-state index is 12.8. The van der Waals surface area contributed by atoms with Crippen molar-refractivity contribution in [2.45, 2.75) is 39.7 Å². The molecule has 0 aliphatic heterocycles. The highest BCUT2D eigenvalue weighted by Crippen LogP contribution is 2.25. The Hall–Kier alpha value is -1.81. The van der Waals surface area contributed by atoms with Gasteiger partial charge in [0.2, 0.25) is 0 Å². The number of aromatic nitrogens is 2. The highest BCUT2D eigenvalue weighted by molar-refractivity contribution is 6.32. The lowest BCUT2D eigenvalue weighted by molar-refractivity contribution is 0.440. The Balaban J connectivity index is 2.80. The van der Waals surface area contributed by atoms with Gasteiger partial charge in [0.25, 0.3) is 5.56 Å². The monoisotopic (exact) mass is 306 g/mol. The maximum Gasteiger partial charge on any atom is 0.329 e. The van der Waals surface area contributed by atoms with Crippen LogP contribution in [0.5, 0.6) is 0 Å². The summed E-state index contributed by atoms with van der Waals surface area (Å²) in [6.07, 6.45) is 1.43. The van der Waals surface area contributed by atoms with Gasteiger partial charge >= 0.3 is 5.69 Å². The summed E-state index contributed by atoms with van der Waals surface area (Å²) in [6.45, 7) is 5.84. The molecule has 0 saturated heterocycles. The zero-order valence-electron chi connectivity index (χ0n) is 12.4. The number of nitrogens with zero attached hydrogens (tertiary/aromatic N) is 1. The number of halogens is 1. The Labute approximate surface area is 128 Å². The van der Waals surface area contributed by atoms with Crippen molar-refractivity contribution in [3.05, 3.63) is 55.8 Å². The summed E-state index contributed by atoms with van der Waals surface area (Å²) in [6, 6.07) is 7.38. The van der Waals surface area contributed by atoms with Gasteiger partial charge < -0.3 is 0 Å². The van der Waals surface area contributed by atoms with Gasteiger partial charge in [-0.25, -0.2) is 4.79 Å². The summed E-state index contributed by atoms with van der Waals surface area (Å²) in [7, 11) is 0. The second kappa shape index (κ2) is 6.31. The van der Waals surface area contributed by atoms with Gasteiger partial charge in [0.15, 0.2) is 0 Å². The molecule has 0 fully saturated rings. The zero-order chi connectivity index (χ0) is 15.6. The molecule has 1 aromatic carbocycles. The molecule has 1 aromatic heterocycles. The lowest BCUT2D eigenvalue weighted by atomic mass is 10.0. The van der Waals surface area contributed by atoms with Crippen LogP contribution in [0.1, 0.15) is 38.3 Å². The van der Waals surface area contributed by atoms with Crippen LogP contribution in [-0.4, -0.2) is 9.55 Å². The molecule has 0 aliphatic carbocycles. The van der Waals surface area contributed by atoms with Crippen LogP contribution in [0.15, 0.2) is 33.9 Å². The first kappa shape index (κ1) is 15.6. The van der Waals surface area contributed by atoms with Crippen molar-refractivity contribution in [1.82, 2.24) is 9.55 Å². The highest BCUT2D eigenvalue weighted by atomic mass is 35.5. The molecule has 112 valence electrons. The number of nitrogens with one attached hydrogen (secondary N) is 1. The smallest absolute Gasteiger partial charge is 0.297 e. The van der Waals surface area contributed by atoms with Crippen molar-refractivity contribution in [3.8, 4) is 11.1 Å². The van der Waals surface area contributed by atoms with E-state index in [4.69, 9.17) is 11.6 Å². The molecule has 0 aliphatic rings. The fourth-order valence-electron chi connectivity index (χ4n) is 2.60. The molecule has 0 radical (unpaired) electrons. The van der Waals surface area contributed by atoms with E-state index < -0.39 is 5.69 Å². The van der Waals surface area contributed by atoms with E-state index >= 15 is 0 Å². The Morgan fingerprint density at radius 1 is 1.19 bits per heavy atom. The minimum Gasteiger partial charge on any atom is -0.297 e. The van der Waals surface area contributed by atoms with Gasteiger partial charge in [-0.2, -0.15) is 0 Å². The number of H-pyrrole nitrogens is 1. The van der Waals surface area contributed by atoms with Crippen LogP contribution in [0.25, 0.3) is 11.1 Å². The normalized spacial score (nSPS) is 11.1. The quantitative estimate of drug-likeness (QED) is 0.879. The van der Waals surface area contributed by atoms with E-state index in [0.29, 0.717) is 18.4 Å². The number of hydrogen-bond acceptors (Lipinski definition) is 2. The van der Waals surface area contributed by atoms with Gasteiger partial charge in [0, 0.05) is 6.04 Å². The molecule has 0 amide bonds. The third kappa shape index (κ3) is 2.81. The molecule has 0 spiro atoms. The minimum absolute atomic E-state index is 0.0986. The Morgan fingerprint density at radius 2 is 1.81 bits per heavy atom. The predicted molar refractivity (Wildman–Crippen MR) is 86.1 cm³/mol. The summed E-state index contributed by atoms with van der Waals surface area (Å²) < 4.78 is 1.29. The van der Waals surface area contributed by atoms with E-state index in [0.717, 1.165) is 11.1 Å². The van der Waals surface area contributed by atoms with Crippen molar-refractivity contribution in [2.24, 2.45) is 0 Å². The molecule has 1 heterocycles. The van der Waals surface area contributed by atoms with Crippen molar-refractivity contribution >= 4 is 11.6 Å². The van der Waals surface area contributed by atoms with E-state index in [1.165, 1.54) is 4.57 Å². The summed E-state index contributed by atoms with van der Waals surface area (Å²) in [4.78, 5) is 27.5. The lowest BCUT2D eigenvalue weighted by Crippen LogP contribution is -2.38. The van der Waals surface area contributed by atoms with Crippen molar-refractivity contribution in [1.29, 1.82) is 0 Å². The van der Waals surface area contributed by atoms with Gasteiger partial charge in [0.05, 0.1) is 5.56 Å². The van der Waals surface area contributed by atoms with Crippen LogP contribution < -0.4 is 11.2 Å². The van der Waals surface area contributed by atoms with Gasteiger partial charge in [-0.05, 0) is 30.9 Å². The Bertz CT molecular complexity index is 758. The second-order valence-corrected chi connectivity index (χ2v) is 5.46. The minimum atomic E-state index is -0.448. The summed E-state index contributed by atoms with van der Waals surface area (Å²) >= 11 is 6.14. The Morgan fingerprint density at radius 3 is 2.38 bits per heavy atom. The Kier molecular flexibility index (Phi) is 4.68. The molecule has 4 nitrogen and oxygen atoms in total. The lowest BCUT2D eigenvalue weighted by Gasteiger charge is -2.17. The standard InChI is InChI=1S/C16H19ClN2O2/c1-4-11(5-2)19-15(20)13(14(17)18-16(19)21)12-9-7-6-8-10(12)3/h6-9,11H,4-5H2,1-3H3,(H,18,21). The molecule has 21 heavy (non-hydrogen) atoms. The molecule has 0 bridgehead atoms. The number of aryl methyl sites for hydroxylation is 1. The van der Waals surface area contributed by atoms with E-state index in [1.54, 1.807) is 0 Å². The fourth-order valence-corrected chi connectivity index (χ4v) is 2.86. The molecular weight excluding hydrogens is 288 g/mol. The van der Waals surface area contributed by atoms with Crippen LogP contribution in [-0.2, 0) is 0 Å². The van der Waals surface area contributed by atoms with E-state index in [-0.39, 0.29) is 16.8 Å². The first-order valence-electron chi connectivity index (χ1n) is 7.11. The summed E-state index contributed by atoms with van der Waals surface area (Å²) in [5, 5.41) is 0.0986. The van der Waals surface area contributed by atoms with Gasteiger partial charge in [-0.3, -0.25) is 14.3 Å². The molecule has 5 heteroatoms. The third-order valence-corrected chi connectivity index (χ3v) is 4.09. The summed E-state index contributed by atoms with van der Waals surface area (Å²) in [5.41, 5.74) is 1.28. The first-order valence-corrected chi connectivity index (χ1v) is 7.49. The maximum atomic E-state index is 12.8. The number of aromatic amines is 1. The average Bonchev–Trinajstić information content (AvgIpc) is 2.45. The SMILES string of the molecule is CCC(CC)n1c(=O)[nH]c(Cl)c(-c2ccccc2C)c1=O. The number of hydrogen-bond donors (Lipinski definition) is 1. The molecule has 2 rings (SSSR count). The molecule has 1 N–H and O–H groups in total. The van der Waals surface area contributed by atoms with Crippen LogP contribution in [0.2, 0.25) is 5.15 Å². The molecular formula is C16H19ClN2O2. The average molecular weight is 307 g/mol. The molecule has 0 atom stereocenters. The third-order valence-electron chi connectivity index (χ3n) is 3.81. The largest absolute Gasteiger partial charge is 0.329 e. The first-order chi connectivity index (χ1) is 10.0. The van der Waals surface area contributed by atoms with Crippen molar-refractivity contribution in [2.75, 3.05) is 0 Å². The van der Waals surface area contributed by atoms with E-state index in [9.17, 15) is 9.59 Å². The van der Waals surface area contributed by atoms with Crippen LogP contribution in [0.3, 0.4) is 0 Å². The van der Waals surface area contributed by atoms with Gasteiger partial charge in [0.1, 0.15) is 5.15 Å². The van der Waals surface area contributed by atoms with E-state index in [2.05, 4.69) is 4.98 Å². The molecule has 2 aromatic rings. The highest BCUT2D eigenvalue weighted by Gasteiger charge is 2.19. The fraction of sp³-hybridized carbons (Fsp3) is 0.375. The van der Waals surface area contributed by atoms with Crippen LogP contribution in [0, 0.1) is 6.92 Å². The van der Waals surface area contributed by atoms with E-state index in [1.807, 2.05) is 45.0 Å². The number of rotatable bonds is 4. The van der Waals surface area contributed by atoms with Crippen molar-refractivity contribution < 1.29 is 0 Å². The van der Waals surface area contributed by atoms with Crippen LogP contribution >= 0.6 is 11.6 Å². The topological polar surface area (TPSA) is 54.9 Å². The zero-order valence-corrected chi connectivity index (χ0v) is 13.2. The summed E-state index contributed by atoms with van der Waals surface area (Å²) in [5.74, 6) is 0. The molecule has 0 unspecified atom stereocenters. The molecule has 0 saturated carbocycles.